The van der Waals surface area contributed by atoms with Crippen LogP contribution in [0.4, 0.5) is 4.39 Å². The normalized spacial score (nSPS) is 41.8. The molecule has 120 valence electrons. The zero-order chi connectivity index (χ0) is 15.4. The summed E-state index contributed by atoms with van der Waals surface area (Å²) in [5.41, 5.74) is -1.27. The molecule has 0 aromatic heterocycles. The van der Waals surface area contributed by atoms with Gasteiger partial charge in [0.05, 0.1) is 12.0 Å². The monoisotopic (exact) mass is 297 g/mol. The number of halogens is 1. The number of carbonyl (C=O) groups is 1. The number of carbonyl (C=O) groups excluding carboxylic acids is 1. The van der Waals surface area contributed by atoms with Crippen LogP contribution in [0.5, 0.6) is 0 Å². The maximum atomic E-state index is 13.7. The molecule has 1 amide bonds. The Bertz CT molecular complexity index is 427. The quantitative estimate of drug-likeness (QED) is 0.851. The molecule has 4 heteroatoms. The van der Waals surface area contributed by atoms with Crippen LogP contribution in [0.3, 0.4) is 0 Å². The van der Waals surface area contributed by atoms with Crippen molar-refractivity contribution in [3.8, 4) is 0 Å². The van der Waals surface area contributed by atoms with Gasteiger partial charge in [-0.05, 0) is 56.3 Å². The number of hydrogen-bond acceptors (Lipinski definition) is 2. The molecule has 1 saturated heterocycles. The highest BCUT2D eigenvalue weighted by atomic mass is 19.1. The van der Waals surface area contributed by atoms with E-state index in [1.54, 1.807) is 0 Å². The van der Waals surface area contributed by atoms with Crippen LogP contribution in [0.15, 0.2) is 0 Å². The predicted molar refractivity (Wildman–Crippen MR) is 79.4 cm³/mol. The minimum Gasteiger partial charge on any atom is -0.392 e. The van der Waals surface area contributed by atoms with Crippen LogP contribution < -0.4 is 0 Å². The second-order valence-corrected chi connectivity index (χ2v) is 8.11. The van der Waals surface area contributed by atoms with E-state index in [9.17, 15) is 14.3 Å². The van der Waals surface area contributed by atoms with Gasteiger partial charge >= 0.3 is 0 Å². The van der Waals surface area contributed by atoms with E-state index in [-0.39, 0.29) is 17.4 Å². The Kier molecular flexibility index (Phi) is 3.59. The largest absolute Gasteiger partial charge is 0.392 e. The second kappa shape index (κ2) is 4.94. The number of likely N-dealkylation sites (tertiary alicyclic amines) is 1. The van der Waals surface area contributed by atoms with E-state index in [1.165, 1.54) is 6.92 Å². The van der Waals surface area contributed by atoms with Crippen molar-refractivity contribution in [2.45, 2.75) is 64.6 Å². The summed E-state index contributed by atoms with van der Waals surface area (Å²) in [7, 11) is 0. The third-order valence-electron chi connectivity index (χ3n) is 6.40. The molecule has 0 bridgehead atoms. The SMILES string of the molecule is CC(C)C1CCC2(CCN(C(=O)C3CC3(C)F)CC2)C1O. The second-order valence-electron chi connectivity index (χ2n) is 8.11. The average molecular weight is 297 g/mol. The Morgan fingerprint density at radius 3 is 2.29 bits per heavy atom. The Morgan fingerprint density at radius 1 is 1.29 bits per heavy atom. The van der Waals surface area contributed by atoms with Crippen molar-refractivity contribution >= 4 is 5.91 Å². The summed E-state index contributed by atoms with van der Waals surface area (Å²) in [5.74, 6) is 0.480. The van der Waals surface area contributed by atoms with E-state index in [2.05, 4.69) is 13.8 Å². The van der Waals surface area contributed by atoms with Crippen molar-refractivity contribution < 1.29 is 14.3 Å². The van der Waals surface area contributed by atoms with E-state index in [4.69, 9.17) is 0 Å². The summed E-state index contributed by atoms with van der Waals surface area (Å²) in [6.45, 7) is 7.26. The van der Waals surface area contributed by atoms with Crippen LogP contribution in [0.25, 0.3) is 0 Å². The highest BCUT2D eigenvalue weighted by Crippen LogP contribution is 2.52. The Balaban J connectivity index is 1.59. The van der Waals surface area contributed by atoms with Crippen LogP contribution in [0.1, 0.15) is 52.9 Å². The third-order valence-corrected chi connectivity index (χ3v) is 6.40. The summed E-state index contributed by atoms with van der Waals surface area (Å²) in [5, 5.41) is 10.7. The molecule has 0 aromatic carbocycles. The van der Waals surface area contributed by atoms with Gasteiger partial charge in [-0.1, -0.05) is 13.8 Å². The Hall–Kier alpha value is -0.640. The summed E-state index contributed by atoms with van der Waals surface area (Å²) < 4.78 is 13.7. The first-order valence-electron chi connectivity index (χ1n) is 8.43. The number of hydrogen-bond donors (Lipinski definition) is 1. The fourth-order valence-corrected chi connectivity index (χ4v) is 4.54. The molecule has 3 aliphatic rings. The van der Waals surface area contributed by atoms with Crippen LogP contribution in [-0.2, 0) is 4.79 Å². The molecule has 21 heavy (non-hydrogen) atoms. The summed E-state index contributed by atoms with van der Waals surface area (Å²) in [6, 6.07) is 0. The number of aliphatic hydroxyl groups excluding tert-OH is 1. The van der Waals surface area contributed by atoms with Crippen molar-refractivity contribution in [3.05, 3.63) is 0 Å². The predicted octanol–water partition coefficient (Wildman–Crippen LogP) is 2.77. The molecule has 4 atom stereocenters. The first-order valence-corrected chi connectivity index (χ1v) is 8.43. The molecule has 0 aromatic rings. The highest BCUT2D eigenvalue weighted by Gasteiger charge is 2.58. The van der Waals surface area contributed by atoms with Gasteiger partial charge in [0, 0.05) is 13.1 Å². The van der Waals surface area contributed by atoms with Gasteiger partial charge < -0.3 is 10.0 Å². The van der Waals surface area contributed by atoms with Gasteiger partial charge in [0.25, 0.3) is 0 Å². The zero-order valence-corrected chi connectivity index (χ0v) is 13.4. The first kappa shape index (κ1) is 15.3. The van der Waals surface area contributed by atoms with Crippen LogP contribution in [-0.4, -0.2) is 40.8 Å². The molecule has 3 fully saturated rings. The smallest absolute Gasteiger partial charge is 0.229 e. The molecule has 3 nitrogen and oxygen atoms in total. The van der Waals surface area contributed by atoms with E-state index < -0.39 is 11.6 Å². The molecule has 1 N–H and O–H groups in total. The zero-order valence-electron chi connectivity index (χ0n) is 13.4. The van der Waals surface area contributed by atoms with Crippen LogP contribution >= 0.6 is 0 Å². The summed E-state index contributed by atoms with van der Waals surface area (Å²) in [6.07, 6.45) is 4.06. The fourth-order valence-electron chi connectivity index (χ4n) is 4.54. The fraction of sp³-hybridized carbons (Fsp3) is 0.941. The molecule has 0 radical (unpaired) electrons. The maximum absolute atomic E-state index is 13.7. The van der Waals surface area contributed by atoms with Gasteiger partial charge in [0.2, 0.25) is 5.91 Å². The van der Waals surface area contributed by atoms with E-state index in [0.717, 1.165) is 25.7 Å². The van der Waals surface area contributed by atoms with Crippen LogP contribution in [0, 0.1) is 23.2 Å². The van der Waals surface area contributed by atoms with E-state index >= 15 is 0 Å². The number of piperidine rings is 1. The molecule has 1 spiro atoms. The van der Waals surface area contributed by atoms with Gasteiger partial charge in [-0.25, -0.2) is 4.39 Å². The van der Waals surface area contributed by atoms with Crippen molar-refractivity contribution in [1.82, 2.24) is 4.90 Å². The lowest BCUT2D eigenvalue weighted by molar-refractivity contribution is -0.137. The van der Waals surface area contributed by atoms with Crippen molar-refractivity contribution in [3.63, 3.8) is 0 Å². The van der Waals surface area contributed by atoms with Gasteiger partial charge in [-0.2, -0.15) is 0 Å². The molecular formula is C17H28FNO2. The number of aliphatic hydroxyl groups is 1. The van der Waals surface area contributed by atoms with E-state index in [1.807, 2.05) is 4.90 Å². The van der Waals surface area contributed by atoms with E-state index in [0.29, 0.717) is 31.3 Å². The maximum Gasteiger partial charge on any atom is 0.229 e. The Labute approximate surface area is 126 Å². The molecule has 4 unspecified atom stereocenters. The molecule has 3 rings (SSSR count). The molecule has 2 aliphatic carbocycles. The molecule has 2 saturated carbocycles. The van der Waals surface area contributed by atoms with Crippen molar-refractivity contribution in [2.24, 2.45) is 23.2 Å². The van der Waals surface area contributed by atoms with Gasteiger partial charge in [0.1, 0.15) is 5.67 Å². The molecule has 1 aliphatic heterocycles. The number of rotatable bonds is 2. The van der Waals surface area contributed by atoms with Gasteiger partial charge in [0.15, 0.2) is 0 Å². The number of amides is 1. The lowest BCUT2D eigenvalue weighted by atomic mass is 9.73. The number of nitrogens with zero attached hydrogens (tertiary/aromatic N) is 1. The minimum atomic E-state index is -1.28. The lowest BCUT2D eigenvalue weighted by Crippen LogP contribution is -2.48. The summed E-state index contributed by atoms with van der Waals surface area (Å²) in [4.78, 5) is 14.1. The highest BCUT2D eigenvalue weighted by molar-refractivity contribution is 5.83. The van der Waals surface area contributed by atoms with Crippen molar-refractivity contribution in [2.75, 3.05) is 13.1 Å². The number of alkyl halides is 1. The minimum absolute atomic E-state index is 0.00822. The molecule has 1 heterocycles. The summed E-state index contributed by atoms with van der Waals surface area (Å²) >= 11 is 0. The van der Waals surface area contributed by atoms with Gasteiger partial charge in [-0.3, -0.25) is 4.79 Å². The lowest BCUT2D eigenvalue weighted by Gasteiger charge is -2.42. The van der Waals surface area contributed by atoms with Gasteiger partial charge in [-0.15, -0.1) is 0 Å². The average Bonchev–Trinajstić information content (AvgIpc) is 2.95. The van der Waals surface area contributed by atoms with Crippen molar-refractivity contribution in [1.29, 1.82) is 0 Å². The third kappa shape index (κ3) is 2.49. The standard InChI is InChI=1S/C17H28FNO2/c1-11(2)12-4-5-17(14(12)20)6-8-19(9-7-17)15(21)13-10-16(13,3)18/h11-14,20H,4-10H2,1-3H3. The topological polar surface area (TPSA) is 40.5 Å². The van der Waals surface area contributed by atoms with Crippen LogP contribution in [0.2, 0.25) is 0 Å². The first-order chi connectivity index (χ1) is 9.77. The molecular weight excluding hydrogens is 269 g/mol. The Morgan fingerprint density at radius 2 is 1.86 bits per heavy atom.